The molecule has 3 rings (SSSR count). The van der Waals surface area contributed by atoms with Gasteiger partial charge in [-0.2, -0.15) is 0 Å². The number of nitrogens with one attached hydrogen (secondary N) is 1. The Bertz CT molecular complexity index is 724. The van der Waals surface area contributed by atoms with Crippen LogP contribution in [0.5, 0.6) is 0 Å². The summed E-state index contributed by atoms with van der Waals surface area (Å²) < 4.78 is 0. The summed E-state index contributed by atoms with van der Waals surface area (Å²) in [6.45, 7) is 1.92. The zero-order valence-electron chi connectivity index (χ0n) is 10.5. The van der Waals surface area contributed by atoms with Gasteiger partial charge in [-0.15, -0.1) is 0 Å². The minimum atomic E-state index is 0.506. The Morgan fingerprint density at radius 3 is 2.79 bits per heavy atom. The van der Waals surface area contributed by atoms with E-state index >= 15 is 0 Å². The van der Waals surface area contributed by atoms with Crippen molar-refractivity contribution in [1.82, 2.24) is 15.0 Å². The number of aromatic nitrogens is 3. The van der Waals surface area contributed by atoms with Gasteiger partial charge in [-0.05, 0) is 36.6 Å². The van der Waals surface area contributed by atoms with E-state index in [1.807, 2.05) is 37.3 Å². The van der Waals surface area contributed by atoms with Gasteiger partial charge in [-0.25, -0.2) is 15.0 Å². The minimum Gasteiger partial charge on any atom is -0.383 e. The Labute approximate surface area is 110 Å². The highest BCUT2D eigenvalue weighted by molar-refractivity contribution is 5.92. The molecular weight excluding hydrogens is 238 g/mol. The van der Waals surface area contributed by atoms with Gasteiger partial charge in [-0.1, -0.05) is 6.07 Å². The molecule has 0 fully saturated rings. The average molecular weight is 251 g/mol. The highest BCUT2D eigenvalue weighted by Crippen LogP contribution is 2.23. The Kier molecular flexibility index (Phi) is 2.72. The van der Waals surface area contributed by atoms with Crippen LogP contribution in [0, 0.1) is 6.92 Å². The number of anilines is 3. The van der Waals surface area contributed by atoms with Gasteiger partial charge < -0.3 is 11.1 Å². The van der Waals surface area contributed by atoms with E-state index in [-0.39, 0.29) is 0 Å². The van der Waals surface area contributed by atoms with Crippen molar-refractivity contribution in [2.75, 3.05) is 11.1 Å². The van der Waals surface area contributed by atoms with Crippen LogP contribution in [-0.2, 0) is 0 Å². The smallest absolute Gasteiger partial charge is 0.133 e. The standard InChI is InChI=1S/C14H13N5/c1-9-6-10-7-13(17-8-11(10)14(15)18-9)19-12-4-2-3-5-16-12/h2-8H,1H3,(H2,15,18)(H,16,17,19). The van der Waals surface area contributed by atoms with Gasteiger partial charge in [0.05, 0.1) is 0 Å². The molecule has 0 saturated heterocycles. The van der Waals surface area contributed by atoms with Gasteiger partial charge in [-0.3, -0.25) is 0 Å². The van der Waals surface area contributed by atoms with Crippen LogP contribution in [0.15, 0.2) is 42.7 Å². The second kappa shape index (κ2) is 4.53. The monoisotopic (exact) mass is 251 g/mol. The Balaban J connectivity index is 2.02. The molecule has 0 aliphatic carbocycles. The molecule has 3 aromatic rings. The molecule has 0 unspecified atom stereocenters. The van der Waals surface area contributed by atoms with Crippen molar-refractivity contribution in [1.29, 1.82) is 0 Å². The van der Waals surface area contributed by atoms with Crippen molar-refractivity contribution < 1.29 is 0 Å². The largest absolute Gasteiger partial charge is 0.383 e. The van der Waals surface area contributed by atoms with E-state index in [4.69, 9.17) is 5.73 Å². The number of nitrogen functional groups attached to an aromatic ring is 1. The first-order valence-corrected chi connectivity index (χ1v) is 5.93. The maximum Gasteiger partial charge on any atom is 0.133 e. The van der Waals surface area contributed by atoms with Crippen LogP contribution in [0.2, 0.25) is 0 Å². The maximum atomic E-state index is 5.88. The van der Waals surface area contributed by atoms with Gasteiger partial charge >= 0.3 is 0 Å². The number of hydrogen-bond donors (Lipinski definition) is 2. The highest BCUT2D eigenvalue weighted by Gasteiger charge is 2.04. The second-order valence-corrected chi connectivity index (χ2v) is 4.28. The molecule has 0 aliphatic rings. The molecular formula is C14H13N5. The summed E-state index contributed by atoms with van der Waals surface area (Å²) in [6.07, 6.45) is 3.46. The zero-order valence-corrected chi connectivity index (χ0v) is 10.5. The first-order chi connectivity index (χ1) is 9.22. The number of aryl methyl sites for hydroxylation is 1. The lowest BCUT2D eigenvalue weighted by molar-refractivity contribution is 1.22. The SMILES string of the molecule is Cc1cc2cc(Nc3ccccn3)ncc2c(N)n1. The Hall–Kier alpha value is -2.69. The first-order valence-electron chi connectivity index (χ1n) is 5.93. The second-order valence-electron chi connectivity index (χ2n) is 4.28. The number of fused-ring (bicyclic) bond motifs is 1. The number of pyridine rings is 3. The topological polar surface area (TPSA) is 76.7 Å². The van der Waals surface area contributed by atoms with E-state index in [1.54, 1.807) is 12.4 Å². The summed E-state index contributed by atoms with van der Waals surface area (Å²) in [5.74, 6) is 2.00. The normalized spacial score (nSPS) is 10.6. The van der Waals surface area contributed by atoms with E-state index < -0.39 is 0 Å². The molecule has 3 N–H and O–H groups in total. The summed E-state index contributed by atoms with van der Waals surface area (Å²) >= 11 is 0. The summed E-state index contributed by atoms with van der Waals surface area (Å²) in [4.78, 5) is 12.7. The van der Waals surface area contributed by atoms with Gasteiger partial charge in [0.1, 0.15) is 17.5 Å². The fourth-order valence-corrected chi connectivity index (χ4v) is 1.95. The molecule has 0 amide bonds. The van der Waals surface area contributed by atoms with Crippen molar-refractivity contribution >= 4 is 28.2 Å². The van der Waals surface area contributed by atoms with Crippen molar-refractivity contribution in [3.05, 3.63) is 48.4 Å². The molecule has 19 heavy (non-hydrogen) atoms. The number of hydrogen-bond acceptors (Lipinski definition) is 5. The molecule has 0 radical (unpaired) electrons. The fraction of sp³-hybridized carbons (Fsp3) is 0.0714. The molecule has 3 aromatic heterocycles. The average Bonchev–Trinajstić information content (AvgIpc) is 2.39. The van der Waals surface area contributed by atoms with Crippen LogP contribution in [-0.4, -0.2) is 15.0 Å². The molecule has 0 aromatic carbocycles. The Morgan fingerprint density at radius 1 is 1.11 bits per heavy atom. The van der Waals surface area contributed by atoms with Crippen molar-refractivity contribution in [3.8, 4) is 0 Å². The summed E-state index contributed by atoms with van der Waals surface area (Å²) in [6, 6.07) is 9.60. The van der Waals surface area contributed by atoms with Crippen LogP contribution in [0.1, 0.15) is 5.69 Å². The van der Waals surface area contributed by atoms with E-state index in [1.165, 1.54) is 0 Å². The van der Waals surface area contributed by atoms with Crippen LogP contribution < -0.4 is 11.1 Å². The number of nitrogens with two attached hydrogens (primary N) is 1. The molecule has 0 bridgehead atoms. The predicted molar refractivity (Wildman–Crippen MR) is 76.2 cm³/mol. The summed E-state index contributed by atoms with van der Waals surface area (Å²) in [7, 11) is 0. The molecule has 0 saturated carbocycles. The lowest BCUT2D eigenvalue weighted by Gasteiger charge is -2.07. The fourth-order valence-electron chi connectivity index (χ4n) is 1.95. The maximum absolute atomic E-state index is 5.88. The Morgan fingerprint density at radius 2 is 2.00 bits per heavy atom. The molecule has 94 valence electrons. The van der Waals surface area contributed by atoms with E-state index in [2.05, 4.69) is 20.3 Å². The minimum absolute atomic E-state index is 0.506. The molecule has 3 heterocycles. The summed E-state index contributed by atoms with van der Waals surface area (Å²) in [5.41, 5.74) is 6.76. The number of nitrogens with zero attached hydrogens (tertiary/aromatic N) is 3. The van der Waals surface area contributed by atoms with Crippen molar-refractivity contribution in [2.45, 2.75) is 6.92 Å². The van der Waals surface area contributed by atoms with Crippen molar-refractivity contribution in [3.63, 3.8) is 0 Å². The number of rotatable bonds is 2. The van der Waals surface area contributed by atoms with Crippen molar-refractivity contribution in [2.24, 2.45) is 0 Å². The van der Waals surface area contributed by atoms with E-state index in [0.29, 0.717) is 5.82 Å². The van der Waals surface area contributed by atoms with Crippen LogP contribution in [0.4, 0.5) is 17.5 Å². The van der Waals surface area contributed by atoms with Crippen LogP contribution in [0.3, 0.4) is 0 Å². The highest BCUT2D eigenvalue weighted by atomic mass is 15.0. The molecule has 5 nitrogen and oxygen atoms in total. The molecule has 0 spiro atoms. The van der Waals surface area contributed by atoms with Gasteiger partial charge in [0, 0.05) is 23.5 Å². The molecule has 5 heteroatoms. The lowest BCUT2D eigenvalue weighted by Crippen LogP contribution is -1.98. The molecule has 0 atom stereocenters. The third kappa shape index (κ3) is 2.30. The van der Waals surface area contributed by atoms with Gasteiger partial charge in [0.15, 0.2) is 0 Å². The lowest BCUT2D eigenvalue weighted by atomic mass is 10.2. The molecule has 0 aliphatic heterocycles. The third-order valence-corrected chi connectivity index (χ3v) is 2.79. The first kappa shape index (κ1) is 11.4. The van der Waals surface area contributed by atoms with Gasteiger partial charge in [0.25, 0.3) is 0 Å². The van der Waals surface area contributed by atoms with E-state index in [9.17, 15) is 0 Å². The summed E-state index contributed by atoms with van der Waals surface area (Å²) in [5, 5.41) is 5.02. The zero-order chi connectivity index (χ0) is 13.2. The van der Waals surface area contributed by atoms with Gasteiger partial charge in [0.2, 0.25) is 0 Å². The van der Waals surface area contributed by atoms with E-state index in [0.717, 1.165) is 28.1 Å². The quantitative estimate of drug-likeness (QED) is 0.732. The van der Waals surface area contributed by atoms with Crippen LogP contribution in [0.25, 0.3) is 10.8 Å². The predicted octanol–water partition coefficient (Wildman–Crippen LogP) is 2.66. The van der Waals surface area contributed by atoms with Crippen LogP contribution >= 0.6 is 0 Å². The third-order valence-electron chi connectivity index (χ3n) is 2.79.